The molecule has 3 heteroatoms. The normalized spacial score (nSPS) is 19.8. The molecule has 14 heavy (non-hydrogen) atoms. The van der Waals surface area contributed by atoms with E-state index in [0.29, 0.717) is 5.92 Å². The third kappa shape index (κ3) is 1.73. The lowest BCUT2D eigenvalue weighted by Gasteiger charge is -2.27. The summed E-state index contributed by atoms with van der Waals surface area (Å²) in [5, 5.41) is 0. The van der Waals surface area contributed by atoms with Gasteiger partial charge >= 0.3 is 0 Å². The molecule has 0 spiro atoms. The van der Waals surface area contributed by atoms with E-state index in [4.69, 9.17) is 4.42 Å². The van der Waals surface area contributed by atoms with Gasteiger partial charge in [0.05, 0.1) is 11.8 Å². The fourth-order valence-corrected chi connectivity index (χ4v) is 2.03. The van der Waals surface area contributed by atoms with Crippen molar-refractivity contribution in [1.82, 2.24) is 4.90 Å². The van der Waals surface area contributed by atoms with Gasteiger partial charge in [-0.1, -0.05) is 0 Å². The molecule has 1 fully saturated rings. The first kappa shape index (κ1) is 9.46. The summed E-state index contributed by atoms with van der Waals surface area (Å²) in [5.74, 6) is 1.31. The highest BCUT2D eigenvalue weighted by Crippen LogP contribution is 2.29. The van der Waals surface area contributed by atoms with Crippen molar-refractivity contribution in [3.05, 3.63) is 23.7 Å². The van der Waals surface area contributed by atoms with E-state index in [-0.39, 0.29) is 0 Å². The van der Waals surface area contributed by atoms with Gasteiger partial charge in [-0.05, 0) is 39.0 Å². The molecule has 1 aliphatic heterocycles. The lowest BCUT2D eigenvalue weighted by Crippen LogP contribution is -2.29. The van der Waals surface area contributed by atoms with Crippen LogP contribution in [0.4, 0.5) is 0 Å². The first-order chi connectivity index (χ1) is 6.81. The van der Waals surface area contributed by atoms with Crippen molar-refractivity contribution in [3.8, 4) is 0 Å². The Hall–Kier alpha value is -1.09. The zero-order chi connectivity index (χ0) is 9.97. The number of rotatable bonds is 2. The van der Waals surface area contributed by atoms with Crippen molar-refractivity contribution < 1.29 is 9.21 Å². The minimum absolute atomic E-state index is 0.432. The Bertz CT molecular complexity index is 311. The van der Waals surface area contributed by atoms with Gasteiger partial charge in [0, 0.05) is 5.92 Å². The highest BCUT2D eigenvalue weighted by atomic mass is 16.3. The molecular weight excluding hydrogens is 178 g/mol. The second-order valence-electron chi connectivity index (χ2n) is 3.94. The summed E-state index contributed by atoms with van der Waals surface area (Å²) < 4.78 is 5.38. The highest BCUT2D eigenvalue weighted by molar-refractivity contribution is 5.76. The van der Waals surface area contributed by atoms with Crippen LogP contribution in [0.3, 0.4) is 0 Å². The number of hydrogen-bond acceptors (Lipinski definition) is 3. The summed E-state index contributed by atoms with van der Waals surface area (Å²) in [4.78, 5) is 13.0. The largest absolute Gasteiger partial charge is 0.468 e. The van der Waals surface area contributed by atoms with Crippen LogP contribution in [0.5, 0.6) is 0 Å². The second kappa shape index (κ2) is 3.96. The molecule has 1 saturated heterocycles. The average molecular weight is 193 g/mol. The lowest BCUT2D eigenvalue weighted by molar-refractivity contribution is 0.112. The Balaban J connectivity index is 2.11. The average Bonchev–Trinajstić information content (AvgIpc) is 2.67. The van der Waals surface area contributed by atoms with Crippen LogP contribution in [0.25, 0.3) is 0 Å². The summed E-state index contributed by atoms with van der Waals surface area (Å²) >= 11 is 0. The molecule has 76 valence electrons. The Morgan fingerprint density at radius 2 is 2.21 bits per heavy atom. The maximum absolute atomic E-state index is 10.7. The summed E-state index contributed by atoms with van der Waals surface area (Å²) in [6, 6.07) is 1.75. The summed E-state index contributed by atoms with van der Waals surface area (Å²) in [6.45, 7) is 2.17. The molecule has 1 aromatic rings. The third-order valence-corrected chi connectivity index (χ3v) is 2.94. The van der Waals surface area contributed by atoms with E-state index in [9.17, 15) is 4.79 Å². The minimum Gasteiger partial charge on any atom is -0.468 e. The maximum Gasteiger partial charge on any atom is 0.153 e. The number of nitrogens with zero attached hydrogens (tertiary/aromatic N) is 1. The molecule has 0 bridgehead atoms. The molecule has 0 unspecified atom stereocenters. The van der Waals surface area contributed by atoms with Gasteiger partial charge in [-0.15, -0.1) is 0 Å². The van der Waals surface area contributed by atoms with E-state index in [1.54, 1.807) is 12.3 Å². The first-order valence-corrected chi connectivity index (χ1v) is 5.02. The highest BCUT2D eigenvalue weighted by Gasteiger charge is 2.22. The number of carbonyl (C=O) groups excluding carboxylic acids is 1. The predicted molar refractivity (Wildman–Crippen MR) is 53.6 cm³/mol. The maximum atomic E-state index is 10.7. The molecule has 1 aromatic heterocycles. The fraction of sp³-hybridized carbons (Fsp3) is 0.545. The van der Waals surface area contributed by atoms with Gasteiger partial charge in [-0.3, -0.25) is 4.79 Å². The van der Waals surface area contributed by atoms with Crippen LogP contribution in [0.2, 0.25) is 0 Å². The Labute approximate surface area is 83.7 Å². The van der Waals surface area contributed by atoms with E-state index in [0.717, 1.165) is 43.5 Å². The van der Waals surface area contributed by atoms with E-state index < -0.39 is 0 Å². The number of carbonyl (C=O) groups is 1. The molecular formula is C11H15NO2. The smallest absolute Gasteiger partial charge is 0.153 e. The monoisotopic (exact) mass is 193 g/mol. The molecule has 0 aromatic carbocycles. The van der Waals surface area contributed by atoms with Gasteiger partial charge in [-0.2, -0.15) is 0 Å². The lowest BCUT2D eigenvalue weighted by atomic mass is 9.93. The molecule has 0 N–H and O–H groups in total. The van der Waals surface area contributed by atoms with Crippen LogP contribution < -0.4 is 0 Å². The fourth-order valence-electron chi connectivity index (χ4n) is 2.03. The van der Waals surface area contributed by atoms with Crippen molar-refractivity contribution in [2.75, 3.05) is 20.1 Å². The summed E-state index contributed by atoms with van der Waals surface area (Å²) in [5.41, 5.74) is 0.722. The van der Waals surface area contributed by atoms with Crippen molar-refractivity contribution in [1.29, 1.82) is 0 Å². The topological polar surface area (TPSA) is 33.5 Å². The molecule has 0 amide bonds. The van der Waals surface area contributed by atoms with Crippen LogP contribution in [0.1, 0.15) is 34.9 Å². The number of furan rings is 1. The summed E-state index contributed by atoms with van der Waals surface area (Å²) in [6.07, 6.45) is 4.67. The molecule has 0 radical (unpaired) electrons. The zero-order valence-corrected chi connectivity index (χ0v) is 8.40. The van der Waals surface area contributed by atoms with Gasteiger partial charge in [-0.25, -0.2) is 0 Å². The molecule has 1 aliphatic rings. The molecule has 2 heterocycles. The van der Waals surface area contributed by atoms with Crippen LogP contribution in [-0.2, 0) is 0 Å². The van der Waals surface area contributed by atoms with E-state index >= 15 is 0 Å². The molecule has 3 nitrogen and oxygen atoms in total. The predicted octanol–water partition coefficient (Wildman–Crippen LogP) is 1.90. The molecule has 0 aliphatic carbocycles. The van der Waals surface area contributed by atoms with Crippen molar-refractivity contribution in [3.63, 3.8) is 0 Å². The number of hydrogen-bond donors (Lipinski definition) is 0. The minimum atomic E-state index is 0.432. The molecule has 0 atom stereocenters. The number of piperidine rings is 1. The number of likely N-dealkylation sites (tertiary alicyclic amines) is 1. The Morgan fingerprint density at radius 3 is 2.86 bits per heavy atom. The first-order valence-electron chi connectivity index (χ1n) is 5.02. The standard InChI is InChI=1S/C11H15NO2/c1-12-5-2-9(3-6-12)11-10(8-13)4-7-14-11/h4,7-9H,2-3,5-6H2,1H3. The van der Waals surface area contributed by atoms with Gasteiger partial charge in [0.15, 0.2) is 6.29 Å². The van der Waals surface area contributed by atoms with E-state index in [2.05, 4.69) is 11.9 Å². The Morgan fingerprint density at radius 1 is 1.50 bits per heavy atom. The quantitative estimate of drug-likeness (QED) is 0.673. The van der Waals surface area contributed by atoms with E-state index in [1.165, 1.54) is 0 Å². The van der Waals surface area contributed by atoms with Gasteiger partial charge in [0.2, 0.25) is 0 Å². The third-order valence-electron chi connectivity index (χ3n) is 2.94. The zero-order valence-electron chi connectivity index (χ0n) is 8.40. The van der Waals surface area contributed by atoms with E-state index in [1.807, 2.05) is 0 Å². The van der Waals surface area contributed by atoms with Crippen molar-refractivity contribution in [2.24, 2.45) is 0 Å². The Kier molecular flexibility index (Phi) is 2.68. The van der Waals surface area contributed by atoms with Gasteiger partial charge in [0.25, 0.3) is 0 Å². The van der Waals surface area contributed by atoms with Crippen LogP contribution >= 0.6 is 0 Å². The van der Waals surface area contributed by atoms with Crippen LogP contribution in [-0.4, -0.2) is 31.3 Å². The number of aldehydes is 1. The van der Waals surface area contributed by atoms with Crippen molar-refractivity contribution in [2.45, 2.75) is 18.8 Å². The van der Waals surface area contributed by atoms with Gasteiger partial charge in [0.1, 0.15) is 5.76 Å². The van der Waals surface area contributed by atoms with Crippen LogP contribution in [0, 0.1) is 0 Å². The van der Waals surface area contributed by atoms with Crippen LogP contribution in [0.15, 0.2) is 16.7 Å². The molecule has 0 saturated carbocycles. The SMILES string of the molecule is CN1CCC(c2occc2C=O)CC1. The van der Waals surface area contributed by atoms with Gasteiger partial charge < -0.3 is 9.32 Å². The van der Waals surface area contributed by atoms with Crippen molar-refractivity contribution >= 4 is 6.29 Å². The summed E-state index contributed by atoms with van der Waals surface area (Å²) in [7, 11) is 2.12. The second-order valence-corrected chi connectivity index (χ2v) is 3.94. The molecule has 2 rings (SSSR count).